The van der Waals surface area contributed by atoms with Crippen molar-refractivity contribution >= 4 is 18.1 Å². The summed E-state index contributed by atoms with van der Waals surface area (Å²) in [5.41, 5.74) is 2.18. The molecule has 3 nitrogen and oxygen atoms in total. The van der Waals surface area contributed by atoms with Gasteiger partial charge in [0.2, 0.25) is 0 Å². The van der Waals surface area contributed by atoms with Crippen LogP contribution in [0, 0.1) is 0 Å². The highest BCUT2D eigenvalue weighted by Gasteiger charge is 2.03. The van der Waals surface area contributed by atoms with Gasteiger partial charge in [-0.3, -0.25) is 0 Å². The van der Waals surface area contributed by atoms with E-state index >= 15 is 0 Å². The normalized spacial score (nSPS) is 14.9. The van der Waals surface area contributed by atoms with Gasteiger partial charge >= 0.3 is 0 Å². The minimum atomic E-state index is 0.0676. The number of hydrogen-bond acceptors (Lipinski definition) is 3. The molecule has 1 aliphatic rings. The molecule has 0 amide bonds. The molecular formula is C13H14N2O. The maximum atomic E-state index is 8.72. The first-order valence-corrected chi connectivity index (χ1v) is 5.22. The van der Waals surface area contributed by atoms with Crippen molar-refractivity contribution in [3.8, 4) is 0 Å². The summed E-state index contributed by atoms with van der Waals surface area (Å²) >= 11 is 0. The number of aliphatic hydroxyl groups excluding tert-OH is 1. The highest BCUT2D eigenvalue weighted by molar-refractivity contribution is 5.81. The molecule has 0 atom stereocenters. The molecule has 0 saturated carbocycles. The zero-order chi connectivity index (χ0) is 11.2. The van der Waals surface area contributed by atoms with Gasteiger partial charge in [0.25, 0.3) is 0 Å². The smallest absolute Gasteiger partial charge is 0.0952 e. The number of anilines is 1. The SMILES string of the molecule is OCC=Cc1cccc(N2C=NC=CC2)c1. The van der Waals surface area contributed by atoms with Crippen LogP contribution in [0.25, 0.3) is 6.08 Å². The molecule has 0 fully saturated rings. The first-order valence-electron chi connectivity index (χ1n) is 5.22. The molecule has 0 radical (unpaired) electrons. The van der Waals surface area contributed by atoms with Gasteiger partial charge in [0.05, 0.1) is 12.9 Å². The van der Waals surface area contributed by atoms with Crippen LogP contribution < -0.4 is 4.90 Å². The Balaban J connectivity index is 2.18. The molecule has 1 aromatic rings. The van der Waals surface area contributed by atoms with Crippen molar-refractivity contribution in [2.75, 3.05) is 18.1 Å². The zero-order valence-electron chi connectivity index (χ0n) is 8.95. The Bertz CT molecular complexity index is 435. The van der Waals surface area contributed by atoms with E-state index in [1.807, 2.05) is 36.7 Å². The number of hydrogen-bond donors (Lipinski definition) is 1. The number of aliphatic imine (C=N–C) groups is 1. The highest BCUT2D eigenvalue weighted by atomic mass is 16.2. The van der Waals surface area contributed by atoms with Crippen LogP contribution in [0.3, 0.4) is 0 Å². The Morgan fingerprint density at radius 1 is 1.44 bits per heavy atom. The third kappa shape index (κ3) is 2.58. The lowest BCUT2D eigenvalue weighted by atomic mass is 10.1. The van der Waals surface area contributed by atoms with Crippen LogP contribution in [0.1, 0.15) is 5.56 Å². The first-order chi connectivity index (χ1) is 7.90. The molecule has 1 aromatic carbocycles. The Kier molecular flexibility index (Phi) is 3.51. The van der Waals surface area contributed by atoms with E-state index in [0.717, 1.165) is 17.8 Å². The molecule has 0 aromatic heterocycles. The van der Waals surface area contributed by atoms with Crippen molar-refractivity contribution in [3.63, 3.8) is 0 Å². The minimum Gasteiger partial charge on any atom is -0.392 e. The van der Waals surface area contributed by atoms with Gasteiger partial charge < -0.3 is 10.0 Å². The summed E-state index contributed by atoms with van der Waals surface area (Å²) in [6.07, 6.45) is 9.25. The van der Waals surface area contributed by atoms with Gasteiger partial charge in [-0.1, -0.05) is 24.3 Å². The molecule has 0 spiro atoms. The van der Waals surface area contributed by atoms with E-state index in [1.165, 1.54) is 0 Å². The van der Waals surface area contributed by atoms with E-state index in [2.05, 4.69) is 16.0 Å². The van der Waals surface area contributed by atoms with Gasteiger partial charge in [-0.05, 0) is 23.8 Å². The van der Waals surface area contributed by atoms with Crippen LogP contribution in [-0.2, 0) is 0 Å². The second-order valence-electron chi connectivity index (χ2n) is 3.48. The maximum absolute atomic E-state index is 8.72. The number of rotatable bonds is 3. The van der Waals surface area contributed by atoms with Gasteiger partial charge in [0.1, 0.15) is 0 Å². The fourth-order valence-electron chi connectivity index (χ4n) is 1.56. The summed E-state index contributed by atoms with van der Waals surface area (Å²) in [6.45, 7) is 0.912. The quantitative estimate of drug-likeness (QED) is 0.836. The maximum Gasteiger partial charge on any atom is 0.0952 e. The number of benzene rings is 1. The van der Waals surface area contributed by atoms with Crippen molar-refractivity contribution in [2.45, 2.75) is 0 Å². The number of nitrogens with zero attached hydrogens (tertiary/aromatic N) is 2. The van der Waals surface area contributed by atoms with Crippen molar-refractivity contribution in [3.05, 3.63) is 48.2 Å². The molecule has 0 unspecified atom stereocenters. The molecule has 0 saturated heterocycles. The lowest BCUT2D eigenvalue weighted by Crippen LogP contribution is -2.22. The Labute approximate surface area is 95.1 Å². The molecular weight excluding hydrogens is 200 g/mol. The Morgan fingerprint density at radius 3 is 3.12 bits per heavy atom. The van der Waals surface area contributed by atoms with Gasteiger partial charge in [0, 0.05) is 18.4 Å². The lowest BCUT2D eigenvalue weighted by molar-refractivity contribution is 0.343. The Morgan fingerprint density at radius 2 is 2.38 bits per heavy atom. The first kappa shape index (κ1) is 10.6. The van der Waals surface area contributed by atoms with E-state index in [9.17, 15) is 0 Å². The average molecular weight is 214 g/mol. The fourth-order valence-corrected chi connectivity index (χ4v) is 1.56. The van der Waals surface area contributed by atoms with Crippen LogP contribution in [0.2, 0.25) is 0 Å². The summed E-state index contributed by atoms with van der Waals surface area (Å²) in [5, 5.41) is 8.72. The monoisotopic (exact) mass is 214 g/mol. The van der Waals surface area contributed by atoms with E-state index in [4.69, 9.17) is 5.11 Å². The van der Waals surface area contributed by atoms with Gasteiger partial charge in [0.15, 0.2) is 0 Å². The zero-order valence-corrected chi connectivity index (χ0v) is 8.95. The predicted octanol–water partition coefficient (Wildman–Crippen LogP) is 2.05. The molecule has 0 bridgehead atoms. The largest absolute Gasteiger partial charge is 0.392 e. The standard InChI is InChI=1S/C13H14N2O/c16-9-2-5-12-4-1-6-13(10-12)15-8-3-7-14-11-15/h1-7,10-11,16H,8-9H2. The minimum absolute atomic E-state index is 0.0676. The van der Waals surface area contributed by atoms with Crippen LogP contribution >= 0.6 is 0 Å². The van der Waals surface area contributed by atoms with Crippen molar-refractivity contribution in [2.24, 2.45) is 4.99 Å². The summed E-state index contributed by atoms with van der Waals surface area (Å²) in [5.74, 6) is 0. The topological polar surface area (TPSA) is 35.8 Å². The molecule has 16 heavy (non-hydrogen) atoms. The second kappa shape index (κ2) is 5.28. The summed E-state index contributed by atoms with van der Waals surface area (Å²) in [6, 6.07) is 8.12. The molecule has 0 aliphatic carbocycles. The Hall–Kier alpha value is -1.87. The van der Waals surface area contributed by atoms with Crippen molar-refractivity contribution < 1.29 is 5.11 Å². The van der Waals surface area contributed by atoms with E-state index in [-0.39, 0.29) is 6.61 Å². The molecule has 1 heterocycles. The van der Waals surface area contributed by atoms with Gasteiger partial charge in [-0.2, -0.15) is 0 Å². The molecule has 1 aliphatic heterocycles. The summed E-state index contributed by atoms with van der Waals surface area (Å²) in [4.78, 5) is 6.15. The third-order valence-corrected chi connectivity index (χ3v) is 2.32. The summed E-state index contributed by atoms with van der Waals surface area (Å²) < 4.78 is 0. The lowest BCUT2D eigenvalue weighted by Gasteiger charge is -2.19. The van der Waals surface area contributed by atoms with Crippen LogP contribution in [0.4, 0.5) is 5.69 Å². The fraction of sp³-hybridized carbons (Fsp3) is 0.154. The third-order valence-electron chi connectivity index (χ3n) is 2.32. The van der Waals surface area contributed by atoms with Gasteiger partial charge in [-0.25, -0.2) is 4.99 Å². The van der Waals surface area contributed by atoms with Crippen LogP contribution in [0.5, 0.6) is 0 Å². The molecule has 1 N–H and O–H groups in total. The average Bonchev–Trinajstić information content (AvgIpc) is 2.38. The summed E-state index contributed by atoms with van der Waals surface area (Å²) in [7, 11) is 0. The van der Waals surface area contributed by atoms with Crippen LogP contribution in [-0.4, -0.2) is 24.6 Å². The van der Waals surface area contributed by atoms with E-state index in [1.54, 1.807) is 12.3 Å². The second-order valence-corrected chi connectivity index (χ2v) is 3.48. The van der Waals surface area contributed by atoms with Crippen LogP contribution in [0.15, 0.2) is 47.6 Å². The predicted molar refractivity (Wildman–Crippen MR) is 67.5 cm³/mol. The van der Waals surface area contributed by atoms with Crippen molar-refractivity contribution in [1.82, 2.24) is 0 Å². The molecule has 82 valence electrons. The number of aliphatic hydroxyl groups is 1. The molecule has 2 rings (SSSR count). The highest BCUT2D eigenvalue weighted by Crippen LogP contribution is 2.17. The van der Waals surface area contributed by atoms with Crippen molar-refractivity contribution in [1.29, 1.82) is 0 Å². The molecule has 3 heteroatoms. The van der Waals surface area contributed by atoms with Gasteiger partial charge in [-0.15, -0.1) is 0 Å². The van der Waals surface area contributed by atoms with E-state index in [0.29, 0.717) is 0 Å². The van der Waals surface area contributed by atoms with E-state index < -0.39 is 0 Å².